The number of carbonyl (C=O) groups is 1. The zero-order valence-electron chi connectivity index (χ0n) is 15.5. The molecule has 6 heteroatoms. The summed E-state index contributed by atoms with van der Waals surface area (Å²) in [6, 6.07) is 5.55. The van der Waals surface area contributed by atoms with E-state index in [4.69, 9.17) is 9.84 Å². The number of aromatic nitrogens is 1. The normalized spacial score (nSPS) is 11.5. The van der Waals surface area contributed by atoms with Crippen LogP contribution < -0.4 is 10.2 Å². The number of likely N-dealkylation sites (N-methyl/N-ethyl adjacent to an activating group) is 1. The predicted octanol–water partition coefficient (Wildman–Crippen LogP) is 2.46. The van der Waals surface area contributed by atoms with E-state index in [2.05, 4.69) is 0 Å². The molecule has 0 saturated carbocycles. The average Bonchev–Trinajstić information content (AvgIpc) is 2.51. The number of fused-ring (bicyclic) bond motifs is 1. The molecule has 6 nitrogen and oxygen atoms in total. The van der Waals surface area contributed by atoms with Crippen molar-refractivity contribution >= 4 is 16.9 Å². The van der Waals surface area contributed by atoms with Crippen LogP contribution in [-0.2, 0) is 11.2 Å². The predicted molar refractivity (Wildman–Crippen MR) is 98.7 cm³/mol. The number of carboxylic acid groups (broad SMARTS) is 1. The minimum atomic E-state index is -1.01. The van der Waals surface area contributed by atoms with E-state index in [0.29, 0.717) is 29.0 Å². The van der Waals surface area contributed by atoms with Gasteiger partial charge in [-0.3, -0.25) is 9.59 Å². The fraction of sp³-hybridized carbons (Fsp3) is 0.474. The summed E-state index contributed by atoms with van der Waals surface area (Å²) in [5.41, 5.74) is 1.60. The van der Waals surface area contributed by atoms with Crippen molar-refractivity contribution in [2.24, 2.45) is 0 Å². The van der Waals surface area contributed by atoms with Crippen LogP contribution in [0.2, 0.25) is 0 Å². The molecule has 2 aromatic rings. The van der Waals surface area contributed by atoms with Crippen LogP contribution in [0, 0.1) is 6.92 Å². The quantitative estimate of drug-likeness (QED) is 0.834. The average molecular weight is 346 g/mol. The molecule has 1 heterocycles. The SMILES string of the molecule is Cc1c(CC(=O)O)c(=O)c2cc(OCCN(C)C)ccc2n1C(C)C. The lowest BCUT2D eigenvalue weighted by Gasteiger charge is -2.21. The van der Waals surface area contributed by atoms with Gasteiger partial charge in [0.2, 0.25) is 0 Å². The number of benzene rings is 1. The zero-order valence-corrected chi connectivity index (χ0v) is 15.5. The molecule has 0 aliphatic heterocycles. The standard InChI is InChI=1S/C19H26N2O4/c1-12(2)21-13(3)15(11-18(22)23)19(24)16-10-14(6-7-17(16)21)25-9-8-20(4)5/h6-7,10,12H,8-9,11H2,1-5H3,(H,22,23). The highest BCUT2D eigenvalue weighted by Crippen LogP contribution is 2.24. The molecule has 25 heavy (non-hydrogen) atoms. The van der Waals surface area contributed by atoms with Crippen molar-refractivity contribution in [2.75, 3.05) is 27.2 Å². The summed E-state index contributed by atoms with van der Waals surface area (Å²) >= 11 is 0. The smallest absolute Gasteiger partial charge is 0.308 e. The third-order valence-electron chi connectivity index (χ3n) is 4.20. The Bertz CT molecular complexity index is 837. The lowest BCUT2D eigenvalue weighted by atomic mass is 10.0. The molecular weight excluding hydrogens is 320 g/mol. The van der Waals surface area contributed by atoms with Gasteiger partial charge in [0.25, 0.3) is 0 Å². The summed E-state index contributed by atoms with van der Waals surface area (Å²) in [6.07, 6.45) is -0.279. The number of ether oxygens (including phenoxy) is 1. The first kappa shape index (κ1) is 19.0. The molecule has 0 atom stereocenters. The van der Waals surface area contributed by atoms with Crippen molar-refractivity contribution in [2.45, 2.75) is 33.2 Å². The first-order chi connectivity index (χ1) is 11.7. The Balaban J connectivity index is 2.59. The fourth-order valence-corrected chi connectivity index (χ4v) is 3.02. The Hall–Kier alpha value is -2.34. The van der Waals surface area contributed by atoms with E-state index in [1.807, 2.05) is 49.5 Å². The van der Waals surface area contributed by atoms with E-state index in [1.54, 1.807) is 13.0 Å². The van der Waals surface area contributed by atoms with Crippen molar-refractivity contribution in [3.63, 3.8) is 0 Å². The largest absolute Gasteiger partial charge is 0.492 e. The van der Waals surface area contributed by atoms with Gasteiger partial charge in [0, 0.05) is 29.2 Å². The highest BCUT2D eigenvalue weighted by atomic mass is 16.5. The molecule has 0 aliphatic carbocycles. The summed E-state index contributed by atoms with van der Waals surface area (Å²) in [4.78, 5) is 26.1. The van der Waals surface area contributed by atoms with Gasteiger partial charge in [0.15, 0.2) is 5.43 Å². The third kappa shape index (κ3) is 4.20. The monoisotopic (exact) mass is 346 g/mol. The van der Waals surface area contributed by atoms with E-state index >= 15 is 0 Å². The van der Waals surface area contributed by atoms with Gasteiger partial charge in [0.1, 0.15) is 12.4 Å². The van der Waals surface area contributed by atoms with Gasteiger partial charge in [-0.25, -0.2) is 0 Å². The van der Waals surface area contributed by atoms with Crippen molar-refractivity contribution in [1.29, 1.82) is 0 Å². The molecule has 0 fully saturated rings. The van der Waals surface area contributed by atoms with Crippen LogP contribution in [-0.4, -0.2) is 47.8 Å². The minimum Gasteiger partial charge on any atom is -0.492 e. The molecule has 0 unspecified atom stereocenters. The first-order valence-electron chi connectivity index (χ1n) is 8.39. The van der Waals surface area contributed by atoms with Gasteiger partial charge < -0.3 is 19.3 Å². The van der Waals surface area contributed by atoms with Crippen LogP contribution in [0.5, 0.6) is 5.75 Å². The van der Waals surface area contributed by atoms with E-state index in [0.717, 1.165) is 12.1 Å². The van der Waals surface area contributed by atoms with Gasteiger partial charge in [-0.05, 0) is 53.1 Å². The number of hydrogen-bond acceptors (Lipinski definition) is 4. The van der Waals surface area contributed by atoms with Crippen molar-refractivity contribution in [3.8, 4) is 5.75 Å². The Morgan fingerprint density at radius 2 is 2.00 bits per heavy atom. The molecule has 1 aromatic carbocycles. The molecule has 0 amide bonds. The summed E-state index contributed by atoms with van der Waals surface area (Å²) in [7, 11) is 3.93. The lowest BCUT2D eigenvalue weighted by molar-refractivity contribution is -0.136. The number of carboxylic acids is 1. The van der Waals surface area contributed by atoms with Gasteiger partial charge >= 0.3 is 5.97 Å². The molecule has 0 aliphatic rings. The van der Waals surface area contributed by atoms with Crippen LogP contribution in [0.15, 0.2) is 23.0 Å². The number of pyridine rings is 1. The lowest BCUT2D eigenvalue weighted by Crippen LogP contribution is -2.22. The Morgan fingerprint density at radius 1 is 1.32 bits per heavy atom. The Morgan fingerprint density at radius 3 is 2.56 bits per heavy atom. The second-order valence-corrected chi connectivity index (χ2v) is 6.76. The Labute approximate surface area is 147 Å². The van der Waals surface area contributed by atoms with Crippen molar-refractivity contribution in [1.82, 2.24) is 9.47 Å². The number of hydrogen-bond donors (Lipinski definition) is 1. The van der Waals surface area contributed by atoms with Crippen LogP contribution in [0.25, 0.3) is 10.9 Å². The second-order valence-electron chi connectivity index (χ2n) is 6.76. The number of nitrogens with zero attached hydrogens (tertiary/aromatic N) is 2. The number of aliphatic carboxylic acids is 1. The van der Waals surface area contributed by atoms with E-state index < -0.39 is 5.97 Å². The van der Waals surface area contributed by atoms with Gasteiger partial charge in [-0.1, -0.05) is 0 Å². The maximum Gasteiger partial charge on any atom is 0.308 e. The molecule has 136 valence electrons. The van der Waals surface area contributed by atoms with Crippen molar-refractivity contribution < 1.29 is 14.6 Å². The summed E-state index contributed by atoms with van der Waals surface area (Å²) in [5.74, 6) is -0.389. The highest BCUT2D eigenvalue weighted by Gasteiger charge is 2.18. The third-order valence-corrected chi connectivity index (χ3v) is 4.20. The zero-order chi connectivity index (χ0) is 18.7. The van der Waals surface area contributed by atoms with Gasteiger partial charge in [-0.15, -0.1) is 0 Å². The van der Waals surface area contributed by atoms with Crippen LogP contribution >= 0.6 is 0 Å². The van der Waals surface area contributed by atoms with Crippen LogP contribution in [0.3, 0.4) is 0 Å². The fourth-order valence-electron chi connectivity index (χ4n) is 3.02. The maximum absolute atomic E-state index is 12.9. The molecule has 0 saturated heterocycles. The highest BCUT2D eigenvalue weighted by molar-refractivity contribution is 5.83. The van der Waals surface area contributed by atoms with E-state index in [9.17, 15) is 9.59 Å². The van der Waals surface area contributed by atoms with Crippen LogP contribution in [0.1, 0.15) is 31.1 Å². The molecule has 0 spiro atoms. The van der Waals surface area contributed by atoms with E-state index in [-0.39, 0.29) is 17.9 Å². The molecular formula is C19H26N2O4. The van der Waals surface area contributed by atoms with Crippen molar-refractivity contribution in [3.05, 3.63) is 39.7 Å². The summed E-state index contributed by atoms with van der Waals surface area (Å²) in [5, 5.41) is 9.66. The maximum atomic E-state index is 12.9. The van der Waals surface area contributed by atoms with Gasteiger partial charge in [0.05, 0.1) is 11.9 Å². The molecule has 0 bridgehead atoms. The molecule has 2 rings (SSSR count). The topological polar surface area (TPSA) is 71.8 Å². The second kappa shape index (κ2) is 7.70. The molecule has 1 aromatic heterocycles. The minimum absolute atomic E-state index is 0.108. The Kier molecular flexibility index (Phi) is 5.85. The van der Waals surface area contributed by atoms with E-state index in [1.165, 1.54) is 0 Å². The number of rotatable bonds is 7. The summed E-state index contributed by atoms with van der Waals surface area (Å²) in [6.45, 7) is 7.13. The van der Waals surface area contributed by atoms with Crippen LogP contribution in [0.4, 0.5) is 0 Å². The van der Waals surface area contributed by atoms with Gasteiger partial charge in [-0.2, -0.15) is 0 Å². The molecule has 0 radical (unpaired) electrons. The first-order valence-corrected chi connectivity index (χ1v) is 8.39. The molecule has 1 N–H and O–H groups in total. The summed E-state index contributed by atoms with van der Waals surface area (Å²) < 4.78 is 7.74.